The fraction of sp³-hybridized carbons (Fsp3) is 0.727. The number of aromatic nitrogens is 2. The topological polar surface area (TPSA) is 43.8 Å². The van der Waals surface area contributed by atoms with Crippen LogP contribution in [0.4, 0.5) is 0 Å². The fourth-order valence-corrected chi connectivity index (χ4v) is 2.86. The molecule has 0 amide bonds. The van der Waals surface area contributed by atoms with Gasteiger partial charge >= 0.3 is 0 Å². The summed E-state index contributed by atoms with van der Waals surface area (Å²) in [6, 6.07) is 0.176. The minimum atomic E-state index is 0.176. The molecule has 2 unspecified atom stereocenters. The Balaban J connectivity index is 2.76. The summed E-state index contributed by atoms with van der Waals surface area (Å²) >= 11 is 1.82. The van der Waals surface area contributed by atoms with Crippen molar-refractivity contribution in [2.45, 2.75) is 43.9 Å². The van der Waals surface area contributed by atoms with Gasteiger partial charge in [0.25, 0.3) is 0 Å². The van der Waals surface area contributed by atoms with Crippen LogP contribution < -0.4 is 5.73 Å². The van der Waals surface area contributed by atoms with Gasteiger partial charge in [-0.15, -0.1) is 11.8 Å². The molecule has 3 nitrogen and oxygen atoms in total. The second kappa shape index (κ2) is 4.58. The van der Waals surface area contributed by atoms with E-state index in [0.717, 1.165) is 0 Å². The largest absolute Gasteiger partial charge is 0.327 e. The first-order valence-electron chi connectivity index (χ1n) is 5.21. The number of aryl methyl sites for hydroxylation is 1. The van der Waals surface area contributed by atoms with E-state index in [1.165, 1.54) is 4.90 Å². The molecule has 1 heterocycles. The van der Waals surface area contributed by atoms with E-state index >= 15 is 0 Å². The van der Waals surface area contributed by atoms with Crippen molar-refractivity contribution in [3.63, 3.8) is 0 Å². The quantitative estimate of drug-likeness (QED) is 0.806. The van der Waals surface area contributed by atoms with Crippen molar-refractivity contribution in [1.29, 1.82) is 0 Å². The Morgan fingerprint density at radius 3 is 2.40 bits per heavy atom. The van der Waals surface area contributed by atoms with Crippen LogP contribution in [0.25, 0.3) is 0 Å². The number of hydrogen-bond acceptors (Lipinski definition) is 3. The van der Waals surface area contributed by atoms with Gasteiger partial charge in [-0.05, 0) is 12.3 Å². The molecule has 4 heteroatoms. The smallest absolute Gasteiger partial charge is 0.0625 e. The van der Waals surface area contributed by atoms with Crippen LogP contribution in [-0.2, 0) is 7.05 Å². The van der Waals surface area contributed by atoms with Crippen molar-refractivity contribution < 1.29 is 0 Å². The number of nitrogens with two attached hydrogens (primary N) is 1. The molecule has 1 aromatic rings. The van der Waals surface area contributed by atoms with Crippen molar-refractivity contribution >= 4 is 11.8 Å². The Morgan fingerprint density at radius 1 is 1.47 bits per heavy atom. The Morgan fingerprint density at radius 2 is 2.07 bits per heavy atom. The maximum Gasteiger partial charge on any atom is 0.0625 e. The van der Waals surface area contributed by atoms with E-state index in [1.807, 2.05) is 35.9 Å². The van der Waals surface area contributed by atoms with E-state index < -0.39 is 0 Å². The molecule has 0 aliphatic rings. The van der Waals surface area contributed by atoms with Crippen molar-refractivity contribution in [3.05, 3.63) is 12.4 Å². The molecule has 15 heavy (non-hydrogen) atoms. The van der Waals surface area contributed by atoms with Crippen LogP contribution in [0.3, 0.4) is 0 Å². The zero-order valence-electron chi connectivity index (χ0n) is 10.2. The summed E-state index contributed by atoms with van der Waals surface area (Å²) in [5.74, 6) is 0. The van der Waals surface area contributed by atoms with Crippen LogP contribution >= 0.6 is 11.8 Å². The average molecular weight is 227 g/mol. The van der Waals surface area contributed by atoms with Gasteiger partial charge in [0, 0.05) is 29.4 Å². The third-order valence-electron chi connectivity index (χ3n) is 2.28. The molecule has 1 aromatic heterocycles. The van der Waals surface area contributed by atoms with E-state index in [4.69, 9.17) is 5.73 Å². The molecular formula is C11H21N3S. The molecule has 0 aliphatic carbocycles. The average Bonchev–Trinajstić information content (AvgIpc) is 2.44. The molecule has 0 bridgehead atoms. The third kappa shape index (κ3) is 3.54. The second-order valence-electron chi connectivity index (χ2n) is 5.11. The van der Waals surface area contributed by atoms with Crippen LogP contribution in [0.5, 0.6) is 0 Å². The van der Waals surface area contributed by atoms with Crippen LogP contribution in [0.2, 0.25) is 0 Å². The number of nitrogens with zero attached hydrogens (tertiary/aromatic N) is 2. The summed E-state index contributed by atoms with van der Waals surface area (Å²) in [7, 11) is 1.93. The maximum absolute atomic E-state index is 6.03. The summed E-state index contributed by atoms with van der Waals surface area (Å²) < 4.78 is 1.82. The van der Waals surface area contributed by atoms with Gasteiger partial charge in [-0.2, -0.15) is 5.10 Å². The van der Waals surface area contributed by atoms with Gasteiger partial charge in [-0.3, -0.25) is 4.68 Å². The summed E-state index contributed by atoms with van der Waals surface area (Å²) in [4.78, 5) is 1.19. The van der Waals surface area contributed by atoms with Gasteiger partial charge in [0.1, 0.15) is 0 Å². The highest BCUT2D eigenvalue weighted by atomic mass is 32.2. The molecule has 0 radical (unpaired) electrons. The van der Waals surface area contributed by atoms with Crippen molar-refractivity contribution in [2.24, 2.45) is 18.2 Å². The lowest BCUT2D eigenvalue weighted by atomic mass is 9.88. The summed E-state index contributed by atoms with van der Waals surface area (Å²) in [6.45, 7) is 8.75. The Hall–Kier alpha value is -0.480. The normalized spacial score (nSPS) is 16.4. The first kappa shape index (κ1) is 12.6. The number of thioether (sulfide) groups is 1. The van der Waals surface area contributed by atoms with Gasteiger partial charge in [-0.1, -0.05) is 20.8 Å². The predicted octanol–water partition coefficient (Wildman–Crippen LogP) is 2.27. The van der Waals surface area contributed by atoms with Crippen molar-refractivity contribution in [1.82, 2.24) is 9.78 Å². The molecule has 0 fully saturated rings. The predicted molar refractivity (Wildman–Crippen MR) is 66.0 cm³/mol. The van der Waals surface area contributed by atoms with Crippen LogP contribution in [0.15, 0.2) is 17.3 Å². The van der Waals surface area contributed by atoms with E-state index in [1.54, 1.807) is 0 Å². The van der Waals surface area contributed by atoms with E-state index in [-0.39, 0.29) is 11.5 Å². The highest BCUT2D eigenvalue weighted by molar-refractivity contribution is 8.00. The lowest BCUT2D eigenvalue weighted by Gasteiger charge is -2.32. The van der Waals surface area contributed by atoms with Gasteiger partial charge in [0.05, 0.1) is 6.20 Å². The molecule has 2 atom stereocenters. The maximum atomic E-state index is 6.03. The Kier molecular flexibility index (Phi) is 3.84. The van der Waals surface area contributed by atoms with Crippen LogP contribution in [-0.4, -0.2) is 21.1 Å². The van der Waals surface area contributed by atoms with Gasteiger partial charge in [0.2, 0.25) is 0 Å². The summed E-state index contributed by atoms with van der Waals surface area (Å²) in [6.07, 6.45) is 3.93. The second-order valence-corrected chi connectivity index (χ2v) is 6.33. The fourth-order valence-electron chi connectivity index (χ4n) is 1.68. The van der Waals surface area contributed by atoms with Gasteiger partial charge < -0.3 is 5.73 Å². The van der Waals surface area contributed by atoms with Crippen molar-refractivity contribution in [3.8, 4) is 0 Å². The standard InChI is InChI=1S/C11H21N3S/c1-8(12)10(11(2,3)4)15-9-6-13-14(5)7-9/h6-8,10H,12H2,1-5H3. The van der Waals surface area contributed by atoms with E-state index in [0.29, 0.717) is 5.25 Å². The Labute approximate surface area is 96.4 Å². The highest BCUT2D eigenvalue weighted by Crippen LogP contribution is 2.36. The van der Waals surface area contributed by atoms with Gasteiger partial charge in [0.15, 0.2) is 0 Å². The monoisotopic (exact) mass is 227 g/mol. The first-order chi connectivity index (χ1) is 6.80. The molecule has 0 saturated carbocycles. The minimum absolute atomic E-state index is 0.176. The van der Waals surface area contributed by atoms with E-state index in [2.05, 4.69) is 32.8 Å². The van der Waals surface area contributed by atoms with Crippen LogP contribution in [0, 0.1) is 5.41 Å². The molecular weight excluding hydrogens is 206 g/mol. The molecule has 2 N–H and O–H groups in total. The lowest BCUT2D eigenvalue weighted by Crippen LogP contribution is -2.38. The molecule has 86 valence electrons. The van der Waals surface area contributed by atoms with E-state index in [9.17, 15) is 0 Å². The summed E-state index contributed by atoms with van der Waals surface area (Å²) in [5.41, 5.74) is 6.23. The minimum Gasteiger partial charge on any atom is -0.327 e. The third-order valence-corrected chi connectivity index (χ3v) is 4.15. The molecule has 0 aromatic carbocycles. The van der Waals surface area contributed by atoms with Crippen molar-refractivity contribution in [2.75, 3.05) is 0 Å². The highest BCUT2D eigenvalue weighted by Gasteiger charge is 2.29. The molecule has 0 spiro atoms. The zero-order chi connectivity index (χ0) is 11.6. The zero-order valence-corrected chi connectivity index (χ0v) is 11.0. The number of rotatable bonds is 3. The molecule has 0 aliphatic heterocycles. The lowest BCUT2D eigenvalue weighted by molar-refractivity contribution is 0.363. The molecule has 1 rings (SSSR count). The first-order valence-corrected chi connectivity index (χ1v) is 6.09. The molecule has 0 saturated heterocycles. The van der Waals surface area contributed by atoms with Gasteiger partial charge in [-0.25, -0.2) is 0 Å². The SMILES string of the molecule is CC(N)C(Sc1cnn(C)c1)C(C)(C)C. The number of hydrogen-bond donors (Lipinski definition) is 1. The Bertz CT molecular complexity index is 312. The summed E-state index contributed by atoms with van der Waals surface area (Å²) in [5, 5.41) is 4.57. The van der Waals surface area contributed by atoms with Crippen LogP contribution in [0.1, 0.15) is 27.7 Å².